The van der Waals surface area contributed by atoms with Crippen LogP contribution in [0.15, 0.2) is 0 Å². The zero-order valence-electron chi connectivity index (χ0n) is 9.03. The fourth-order valence-electron chi connectivity index (χ4n) is 2.20. The Morgan fingerprint density at radius 1 is 1.20 bits per heavy atom. The molecule has 0 aromatic rings. The van der Waals surface area contributed by atoms with Gasteiger partial charge in [0, 0.05) is 20.1 Å². The van der Waals surface area contributed by atoms with E-state index in [2.05, 4.69) is 5.32 Å². The molecule has 5 heteroatoms. The molecule has 2 saturated heterocycles. The molecule has 0 aliphatic carbocycles. The molecule has 0 spiro atoms. The number of rotatable bonds is 1. The maximum absolute atomic E-state index is 11.8. The molecule has 2 aliphatic rings. The first-order chi connectivity index (χ1) is 7.20. The number of likely N-dealkylation sites (N-methyl/N-ethyl adjacent to an activating group) is 1. The molecule has 0 saturated carbocycles. The van der Waals surface area contributed by atoms with Crippen molar-refractivity contribution in [2.45, 2.75) is 25.4 Å². The molecule has 2 heterocycles. The summed E-state index contributed by atoms with van der Waals surface area (Å²) < 4.78 is 0. The molecule has 5 nitrogen and oxygen atoms in total. The third-order valence-electron chi connectivity index (χ3n) is 3.09. The van der Waals surface area contributed by atoms with Crippen LogP contribution in [0.4, 0.5) is 0 Å². The van der Waals surface area contributed by atoms with E-state index in [0.29, 0.717) is 13.1 Å². The van der Waals surface area contributed by atoms with Crippen LogP contribution in [0.3, 0.4) is 0 Å². The van der Waals surface area contributed by atoms with Crippen molar-refractivity contribution in [1.29, 1.82) is 0 Å². The molecule has 2 rings (SSSR count). The van der Waals surface area contributed by atoms with Crippen LogP contribution in [0.1, 0.15) is 19.3 Å². The minimum atomic E-state index is -0.374. The Morgan fingerprint density at radius 3 is 2.67 bits per heavy atom. The lowest BCUT2D eigenvalue weighted by molar-refractivity contribution is -0.151. The van der Waals surface area contributed by atoms with Crippen molar-refractivity contribution in [2.24, 2.45) is 0 Å². The summed E-state index contributed by atoms with van der Waals surface area (Å²) in [5.41, 5.74) is 0. The Kier molecular flexibility index (Phi) is 2.90. The molecule has 1 N–H and O–H groups in total. The second-order valence-electron chi connectivity index (χ2n) is 4.19. The molecule has 2 amide bonds. The summed E-state index contributed by atoms with van der Waals surface area (Å²) in [4.78, 5) is 26.7. The third kappa shape index (κ3) is 1.97. The van der Waals surface area contributed by atoms with Crippen molar-refractivity contribution in [1.82, 2.24) is 15.1 Å². The number of nitrogens with one attached hydrogen (secondary N) is 1. The van der Waals surface area contributed by atoms with Crippen molar-refractivity contribution in [2.75, 3.05) is 26.7 Å². The van der Waals surface area contributed by atoms with Crippen molar-refractivity contribution >= 4 is 11.8 Å². The first kappa shape index (κ1) is 10.4. The largest absolute Gasteiger partial charge is 0.337 e. The number of hydrogen-bond acceptors (Lipinski definition) is 3. The second-order valence-corrected chi connectivity index (χ2v) is 4.19. The van der Waals surface area contributed by atoms with Crippen molar-refractivity contribution < 1.29 is 9.59 Å². The maximum Gasteiger partial charge on any atom is 0.313 e. The van der Waals surface area contributed by atoms with Gasteiger partial charge in [-0.2, -0.15) is 0 Å². The summed E-state index contributed by atoms with van der Waals surface area (Å²) in [6, 6.07) is 0. The van der Waals surface area contributed by atoms with Gasteiger partial charge in [-0.05, 0) is 25.8 Å². The normalized spacial score (nSPS) is 28.5. The zero-order valence-corrected chi connectivity index (χ0v) is 9.03. The lowest BCUT2D eigenvalue weighted by atomic mass is 10.3. The predicted octanol–water partition coefficient (Wildman–Crippen LogP) is -0.613. The van der Waals surface area contributed by atoms with Gasteiger partial charge in [-0.25, -0.2) is 0 Å². The average Bonchev–Trinajstić information content (AvgIpc) is 2.71. The summed E-state index contributed by atoms with van der Waals surface area (Å²) in [6.07, 6.45) is 2.99. The summed E-state index contributed by atoms with van der Waals surface area (Å²) in [5, 5.41) is 3.25. The van der Waals surface area contributed by atoms with E-state index in [-0.39, 0.29) is 18.0 Å². The fraction of sp³-hybridized carbons (Fsp3) is 0.800. The minimum Gasteiger partial charge on any atom is -0.337 e. The molecule has 84 valence electrons. The fourth-order valence-corrected chi connectivity index (χ4v) is 2.20. The van der Waals surface area contributed by atoms with Gasteiger partial charge < -0.3 is 9.80 Å². The van der Waals surface area contributed by atoms with Gasteiger partial charge in [0.1, 0.15) is 0 Å². The quantitative estimate of drug-likeness (QED) is 0.588. The molecule has 1 unspecified atom stereocenters. The van der Waals surface area contributed by atoms with Crippen LogP contribution in [0.5, 0.6) is 0 Å². The molecule has 0 radical (unpaired) electrons. The SMILES string of the molecule is CN1CCCN(C2CCCN2)C(=O)C1=O. The molecule has 1 atom stereocenters. The van der Waals surface area contributed by atoms with E-state index in [1.165, 1.54) is 4.90 Å². The molecule has 2 aliphatic heterocycles. The molecule has 0 aromatic heterocycles. The summed E-state index contributed by atoms with van der Waals surface area (Å²) in [6.45, 7) is 2.30. The van der Waals surface area contributed by atoms with Gasteiger partial charge >= 0.3 is 11.8 Å². The third-order valence-corrected chi connectivity index (χ3v) is 3.09. The number of carbonyl (C=O) groups excluding carboxylic acids is 2. The van der Waals surface area contributed by atoms with Crippen LogP contribution >= 0.6 is 0 Å². The number of nitrogens with zero attached hydrogens (tertiary/aromatic N) is 2. The van der Waals surface area contributed by atoms with E-state index in [1.54, 1.807) is 11.9 Å². The highest BCUT2D eigenvalue weighted by molar-refractivity contribution is 6.35. The van der Waals surface area contributed by atoms with E-state index in [9.17, 15) is 9.59 Å². The Morgan fingerprint density at radius 2 is 2.00 bits per heavy atom. The van der Waals surface area contributed by atoms with E-state index in [4.69, 9.17) is 0 Å². The van der Waals surface area contributed by atoms with Gasteiger partial charge in [-0.1, -0.05) is 0 Å². The van der Waals surface area contributed by atoms with Crippen LogP contribution in [0.25, 0.3) is 0 Å². The van der Waals surface area contributed by atoms with Crippen molar-refractivity contribution in [3.63, 3.8) is 0 Å². The van der Waals surface area contributed by atoms with E-state index in [1.807, 2.05) is 0 Å². The Bertz CT molecular complexity index is 274. The van der Waals surface area contributed by atoms with Crippen molar-refractivity contribution in [3.8, 4) is 0 Å². The smallest absolute Gasteiger partial charge is 0.313 e. The van der Waals surface area contributed by atoms with Crippen LogP contribution < -0.4 is 5.32 Å². The topological polar surface area (TPSA) is 52.6 Å². The van der Waals surface area contributed by atoms with Gasteiger partial charge in [-0.3, -0.25) is 14.9 Å². The standard InChI is InChI=1S/C10H17N3O2/c1-12-6-3-7-13(10(15)9(12)14)8-4-2-5-11-8/h8,11H,2-7H2,1H3. The van der Waals surface area contributed by atoms with E-state index in [0.717, 1.165) is 25.8 Å². The van der Waals surface area contributed by atoms with Crippen LogP contribution in [-0.2, 0) is 9.59 Å². The molecule has 15 heavy (non-hydrogen) atoms. The summed E-state index contributed by atoms with van der Waals surface area (Å²) in [5.74, 6) is -0.726. The van der Waals surface area contributed by atoms with Gasteiger partial charge in [0.05, 0.1) is 6.17 Å². The Balaban J connectivity index is 2.10. The van der Waals surface area contributed by atoms with Gasteiger partial charge in [0.15, 0.2) is 0 Å². The highest BCUT2D eigenvalue weighted by atomic mass is 16.2. The maximum atomic E-state index is 11.8. The summed E-state index contributed by atoms with van der Waals surface area (Å²) >= 11 is 0. The van der Waals surface area contributed by atoms with Gasteiger partial charge in [0.2, 0.25) is 0 Å². The van der Waals surface area contributed by atoms with Gasteiger partial charge in [0.25, 0.3) is 0 Å². The number of hydrogen-bond donors (Lipinski definition) is 1. The Hall–Kier alpha value is -1.10. The Labute approximate surface area is 89.4 Å². The van der Waals surface area contributed by atoms with Crippen LogP contribution in [0, 0.1) is 0 Å². The average molecular weight is 211 g/mol. The first-order valence-corrected chi connectivity index (χ1v) is 5.49. The highest BCUT2D eigenvalue weighted by Gasteiger charge is 2.33. The molecule has 0 aromatic carbocycles. The highest BCUT2D eigenvalue weighted by Crippen LogP contribution is 2.14. The van der Waals surface area contributed by atoms with Crippen LogP contribution in [0.2, 0.25) is 0 Å². The molecule has 0 bridgehead atoms. The number of carbonyl (C=O) groups is 2. The van der Waals surface area contributed by atoms with Crippen LogP contribution in [-0.4, -0.2) is 54.5 Å². The van der Waals surface area contributed by atoms with E-state index < -0.39 is 0 Å². The van der Waals surface area contributed by atoms with Crippen molar-refractivity contribution in [3.05, 3.63) is 0 Å². The number of amides is 2. The lowest BCUT2D eigenvalue weighted by Crippen LogP contribution is -2.49. The molecule has 2 fully saturated rings. The molecular weight excluding hydrogens is 194 g/mol. The van der Waals surface area contributed by atoms with E-state index >= 15 is 0 Å². The molecular formula is C10H17N3O2. The summed E-state index contributed by atoms with van der Waals surface area (Å²) in [7, 11) is 1.69. The minimum absolute atomic E-state index is 0.0768. The first-order valence-electron chi connectivity index (χ1n) is 5.49. The monoisotopic (exact) mass is 211 g/mol. The predicted molar refractivity (Wildman–Crippen MR) is 55.0 cm³/mol. The zero-order chi connectivity index (χ0) is 10.8. The lowest BCUT2D eigenvalue weighted by Gasteiger charge is -2.26. The van der Waals surface area contributed by atoms with Gasteiger partial charge in [-0.15, -0.1) is 0 Å². The second kappa shape index (κ2) is 4.18.